The summed E-state index contributed by atoms with van der Waals surface area (Å²) in [4.78, 5) is 12.8. The Hall–Kier alpha value is -0.136. The standard InChI is InChI=1S/C20H42O3Si2/c1-9-12-14-25(15-13-10-2,18(5)11-3)22-19(21)17(4)16-24-23-20(6,7)8/h17-18H,9-16H2,1-8H3. The fourth-order valence-electron chi connectivity index (χ4n) is 2.91. The molecule has 0 aromatic heterocycles. The monoisotopic (exact) mass is 386 g/mol. The van der Waals surface area contributed by atoms with E-state index in [0.717, 1.165) is 24.6 Å². The molecule has 0 heterocycles. The van der Waals surface area contributed by atoms with Crippen molar-refractivity contribution in [1.82, 2.24) is 0 Å². The lowest BCUT2D eigenvalue weighted by atomic mass is 10.2. The maximum Gasteiger partial charge on any atom is 0.295 e. The summed E-state index contributed by atoms with van der Waals surface area (Å²) >= 11 is 0. The van der Waals surface area contributed by atoms with Crippen LogP contribution in [0.4, 0.5) is 0 Å². The number of carbonyl (C=O) groups excluding carboxylic acids is 1. The molecule has 0 spiro atoms. The predicted molar refractivity (Wildman–Crippen MR) is 112 cm³/mol. The fourth-order valence-corrected chi connectivity index (χ4v) is 8.74. The van der Waals surface area contributed by atoms with Gasteiger partial charge in [-0.3, -0.25) is 4.79 Å². The number of unbranched alkanes of at least 4 members (excludes halogenated alkanes) is 2. The van der Waals surface area contributed by atoms with E-state index in [0.29, 0.717) is 15.3 Å². The van der Waals surface area contributed by atoms with E-state index in [4.69, 9.17) is 8.85 Å². The molecule has 0 amide bonds. The van der Waals surface area contributed by atoms with Crippen molar-refractivity contribution in [3.63, 3.8) is 0 Å². The van der Waals surface area contributed by atoms with Crippen molar-refractivity contribution in [2.75, 3.05) is 0 Å². The molecule has 0 N–H and O–H groups in total. The van der Waals surface area contributed by atoms with Gasteiger partial charge >= 0.3 is 0 Å². The summed E-state index contributed by atoms with van der Waals surface area (Å²) in [6.45, 7) is 17.2. The molecule has 2 unspecified atom stereocenters. The summed E-state index contributed by atoms with van der Waals surface area (Å²) in [7, 11) is -1.68. The smallest absolute Gasteiger partial charge is 0.295 e. The Bertz CT molecular complexity index is 358. The van der Waals surface area contributed by atoms with Crippen LogP contribution in [0, 0.1) is 5.92 Å². The zero-order chi connectivity index (χ0) is 19.5. The van der Waals surface area contributed by atoms with Crippen LogP contribution in [0.25, 0.3) is 0 Å². The number of rotatable bonds is 13. The second-order valence-corrected chi connectivity index (χ2v) is 13.7. The third kappa shape index (κ3) is 9.95. The van der Waals surface area contributed by atoms with Crippen molar-refractivity contribution in [2.24, 2.45) is 5.92 Å². The molecule has 0 bridgehead atoms. The number of carbonyl (C=O) groups is 1. The number of hydrogen-bond acceptors (Lipinski definition) is 3. The van der Waals surface area contributed by atoms with Crippen molar-refractivity contribution in [3.05, 3.63) is 0 Å². The minimum atomic E-state index is -2.03. The van der Waals surface area contributed by atoms with Crippen molar-refractivity contribution < 1.29 is 13.6 Å². The zero-order valence-corrected chi connectivity index (χ0v) is 20.0. The van der Waals surface area contributed by atoms with Gasteiger partial charge in [0, 0.05) is 5.60 Å². The quantitative estimate of drug-likeness (QED) is 0.345. The molecule has 0 rings (SSSR count). The molecule has 0 saturated carbocycles. The van der Waals surface area contributed by atoms with E-state index in [1.165, 1.54) is 25.7 Å². The second kappa shape index (κ2) is 12.3. The van der Waals surface area contributed by atoms with Gasteiger partial charge in [-0.1, -0.05) is 66.7 Å². The molecule has 0 aromatic carbocycles. The maximum absolute atomic E-state index is 12.8. The largest absolute Gasteiger partial charge is 0.519 e. The van der Waals surface area contributed by atoms with Crippen LogP contribution >= 0.6 is 0 Å². The Labute approximate surface area is 160 Å². The average Bonchev–Trinajstić information content (AvgIpc) is 2.55. The minimum Gasteiger partial charge on any atom is -0.519 e. The SMILES string of the molecule is CCCC[Si](CCCC)(OC(=O)C(C)C[Si]OC(C)(C)C)C(C)CC. The molecule has 0 fully saturated rings. The van der Waals surface area contributed by atoms with Crippen LogP contribution in [-0.2, 0) is 13.6 Å². The van der Waals surface area contributed by atoms with Gasteiger partial charge in [0.2, 0.25) is 9.76 Å². The van der Waals surface area contributed by atoms with Gasteiger partial charge in [-0.15, -0.1) is 0 Å². The van der Waals surface area contributed by atoms with Crippen LogP contribution in [0.15, 0.2) is 0 Å². The van der Waals surface area contributed by atoms with Crippen LogP contribution in [0.5, 0.6) is 0 Å². The van der Waals surface area contributed by atoms with E-state index in [2.05, 4.69) is 48.5 Å². The molecule has 25 heavy (non-hydrogen) atoms. The topological polar surface area (TPSA) is 35.5 Å². The Kier molecular flexibility index (Phi) is 12.2. The summed E-state index contributed by atoms with van der Waals surface area (Å²) in [5.74, 6) is -0.0518. The lowest BCUT2D eigenvalue weighted by Gasteiger charge is -2.37. The highest BCUT2D eigenvalue weighted by atomic mass is 28.4. The average molecular weight is 387 g/mol. The van der Waals surface area contributed by atoms with Crippen LogP contribution in [0.1, 0.15) is 87.5 Å². The van der Waals surface area contributed by atoms with Gasteiger partial charge < -0.3 is 8.85 Å². The van der Waals surface area contributed by atoms with Crippen molar-refractivity contribution in [1.29, 1.82) is 0 Å². The van der Waals surface area contributed by atoms with Crippen LogP contribution in [0.2, 0.25) is 23.7 Å². The Balaban J connectivity index is 4.96. The highest BCUT2D eigenvalue weighted by Crippen LogP contribution is 2.37. The molecule has 3 nitrogen and oxygen atoms in total. The lowest BCUT2D eigenvalue weighted by molar-refractivity contribution is -0.139. The molecule has 0 aliphatic carbocycles. The maximum atomic E-state index is 12.8. The van der Waals surface area contributed by atoms with Gasteiger partial charge in [-0.2, -0.15) is 0 Å². The Morgan fingerprint density at radius 3 is 1.96 bits per heavy atom. The second-order valence-electron chi connectivity index (χ2n) is 8.47. The van der Waals surface area contributed by atoms with Gasteiger partial charge in [-0.05, 0) is 44.4 Å². The fraction of sp³-hybridized carbons (Fsp3) is 0.950. The molecule has 0 aromatic rings. The summed E-state index contributed by atoms with van der Waals surface area (Å²) in [5, 5.41) is 0. The molecule has 0 aliphatic heterocycles. The summed E-state index contributed by atoms with van der Waals surface area (Å²) in [6.07, 6.45) is 5.81. The first-order valence-electron chi connectivity index (χ1n) is 10.3. The molecule has 148 valence electrons. The highest BCUT2D eigenvalue weighted by molar-refractivity contribution is 6.76. The first-order chi connectivity index (χ1) is 11.6. The van der Waals surface area contributed by atoms with Gasteiger partial charge in [0.05, 0.1) is 5.92 Å². The minimum absolute atomic E-state index is 0.0178. The Morgan fingerprint density at radius 1 is 1.04 bits per heavy atom. The van der Waals surface area contributed by atoms with Gasteiger partial charge in [0.25, 0.3) is 14.3 Å². The van der Waals surface area contributed by atoms with Gasteiger partial charge in [0.15, 0.2) is 0 Å². The van der Waals surface area contributed by atoms with E-state index in [1.807, 2.05) is 6.92 Å². The van der Waals surface area contributed by atoms with Crippen LogP contribution < -0.4 is 0 Å². The third-order valence-corrected chi connectivity index (χ3v) is 11.6. The molecular formula is C20H42O3Si2. The normalized spacial score (nSPS) is 15.0. The van der Waals surface area contributed by atoms with Crippen molar-refractivity contribution in [2.45, 2.75) is 117 Å². The first kappa shape index (κ1) is 24.9. The van der Waals surface area contributed by atoms with E-state index >= 15 is 0 Å². The van der Waals surface area contributed by atoms with Gasteiger partial charge in [-0.25, -0.2) is 0 Å². The van der Waals surface area contributed by atoms with Crippen molar-refractivity contribution in [3.8, 4) is 0 Å². The van der Waals surface area contributed by atoms with Gasteiger partial charge in [0.1, 0.15) is 0 Å². The molecule has 0 saturated heterocycles. The van der Waals surface area contributed by atoms with Crippen LogP contribution in [0.3, 0.4) is 0 Å². The molecule has 2 radical (unpaired) electrons. The van der Waals surface area contributed by atoms with E-state index in [-0.39, 0.29) is 17.5 Å². The zero-order valence-electron chi connectivity index (χ0n) is 18.0. The summed E-state index contributed by atoms with van der Waals surface area (Å²) < 4.78 is 12.2. The van der Waals surface area contributed by atoms with E-state index < -0.39 is 8.32 Å². The molecular weight excluding hydrogens is 344 g/mol. The van der Waals surface area contributed by atoms with E-state index in [9.17, 15) is 4.79 Å². The van der Waals surface area contributed by atoms with Crippen LogP contribution in [-0.4, -0.2) is 29.7 Å². The summed E-state index contributed by atoms with van der Waals surface area (Å²) in [6, 6.07) is 3.01. The first-order valence-corrected chi connectivity index (χ1v) is 13.8. The molecule has 5 heteroatoms. The Morgan fingerprint density at radius 2 is 1.56 bits per heavy atom. The third-order valence-electron chi connectivity index (χ3n) is 4.89. The van der Waals surface area contributed by atoms with E-state index in [1.54, 1.807) is 0 Å². The highest BCUT2D eigenvalue weighted by Gasteiger charge is 2.42. The lowest BCUT2D eigenvalue weighted by Crippen LogP contribution is -2.45. The molecule has 0 aliphatic rings. The predicted octanol–water partition coefficient (Wildman–Crippen LogP) is 6.36. The molecule has 2 atom stereocenters. The number of hydrogen-bond donors (Lipinski definition) is 0. The van der Waals surface area contributed by atoms with Crippen molar-refractivity contribution >= 4 is 24.0 Å². The summed E-state index contributed by atoms with van der Waals surface area (Å²) in [5.41, 5.74) is 0.398.